The molecule has 0 spiro atoms. The van der Waals surface area contributed by atoms with Gasteiger partial charge < -0.3 is 0 Å². The minimum Gasteiger partial charge on any atom is -0.0888 e. The van der Waals surface area contributed by atoms with Crippen molar-refractivity contribution in [1.29, 1.82) is 0 Å². The number of allylic oxidation sites excluding steroid dienone is 4. The van der Waals surface area contributed by atoms with E-state index in [1.54, 1.807) is 0 Å². The monoisotopic (exact) mass is 242 g/mol. The van der Waals surface area contributed by atoms with Gasteiger partial charge in [0.1, 0.15) is 0 Å². The van der Waals surface area contributed by atoms with Crippen molar-refractivity contribution >= 4 is 0 Å². The van der Waals surface area contributed by atoms with Crippen molar-refractivity contribution in [3.8, 4) is 0 Å². The van der Waals surface area contributed by atoms with Gasteiger partial charge in [-0.3, -0.25) is 0 Å². The first-order chi connectivity index (χ1) is 8.88. The van der Waals surface area contributed by atoms with Crippen molar-refractivity contribution < 1.29 is 0 Å². The van der Waals surface area contributed by atoms with Gasteiger partial charge in [0.25, 0.3) is 0 Å². The van der Waals surface area contributed by atoms with Gasteiger partial charge in [0, 0.05) is 0 Å². The molecule has 0 saturated heterocycles. The lowest BCUT2D eigenvalue weighted by Gasteiger charge is -2.14. The van der Waals surface area contributed by atoms with Crippen LogP contribution in [0.3, 0.4) is 0 Å². The van der Waals surface area contributed by atoms with Gasteiger partial charge in [0.15, 0.2) is 0 Å². The van der Waals surface area contributed by atoms with Gasteiger partial charge in [-0.05, 0) is 43.6 Å². The predicted octanol–water partition coefficient (Wildman–Crippen LogP) is 5.87. The molecule has 0 nitrogen and oxygen atoms in total. The van der Waals surface area contributed by atoms with Crippen LogP contribution >= 0.6 is 0 Å². The third-order valence-corrected chi connectivity index (χ3v) is 3.18. The molecule has 0 aliphatic rings. The van der Waals surface area contributed by atoms with E-state index in [0.29, 0.717) is 5.92 Å². The third-order valence-electron chi connectivity index (χ3n) is 3.18. The van der Waals surface area contributed by atoms with Gasteiger partial charge >= 0.3 is 0 Å². The molecule has 0 bridgehead atoms. The van der Waals surface area contributed by atoms with Crippen LogP contribution in [0, 0.1) is 0 Å². The Balaban J connectivity index is 2.57. The van der Waals surface area contributed by atoms with E-state index >= 15 is 0 Å². The largest absolute Gasteiger partial charge is 0.0888 e. The first-order valence-electron chi connectivity index (χ1n) is 7.23. The first-order valence-corrected chi connectivity index (χ1v) is 7.23. The molecule has 0 radical (unpaired) electrons. The molecular weight excluding hydrogens is 216 g/mol. The van der Waals surface area contributed by atoms with Gasteiger partial charge in [-0.25, -0.2) is 0 Å². The van der Waals surface area contributed by atoms with Crippen LogP contribution in [0.1, 0.15) is 57.4 Å². The maximum atomic E-state index is 2.33. The summed E-state index contributed by atoms with van der Waals surface area (Å²) in [6.07, 6.45) is 15.1. The normalized spacial score (nSPS) is 13.4. The van der Waals surface area contributed by atoms with E-state index < -0.39 is 0 Å². The van der Waals surface area contributed by atoms with Crippen LogP contribution in [0.5, 0.6) is 0 Å². The van der Waals surface area contributed by atoms with Crippen molar-refractivity contribution in [2.75, 3.05) is 0 Å². The molecule has 1 aromatic carbocycles. The van der Waals surface area contributed by atoms with Crippen molar-refractivity contribution in [1.82, 2.24) is 0 Å². The number of hydrogen-bond acceptors (Lipinski definition) is 0. The van der Waals surface area contributed by atoms with Gasteiger partial charge in [-0.15, -0.1) is 0 Å². The molecule has 1 rings (SSSR count). The zero-order valence-electron chi connectivity index (χ0n) is 11.8. The maximum Gasteiger partial charge on any atom is -0.0124 e. The van der Waals surface area contributed by atoms with Crippen LogP contribution in [0.15, 0.2) is 54.6 Å². The van der Waals surface area contributed by atoms with Crippen LogP contribution in [0.4, 0.5) is 0 Å². The Bertz CT molecular complexity index is 346. The summed E-state index contributed by atoms with van der Waals surface area (Å²) in [7, 11) is 0. The highest BCUT2D eigenvalue weighted by Crippen LogP contribution is 2.25. The van der Waals surface area contributed by atoms with E-state index in [1.807, 2.05) is 0 Å². The minimum atomic E-state index is 0.663. The second-order valence-electron chi connectivity index (χ2n) is 4.68. The molecule has 0 aliphatic carbocycles. The summed E-state index contributed by atoms with van der Waals surface area (Å²) in [5.74, 6) is 0.663. The molecule has 1 atom stereocenters. The van der Waals surface area contributed by atoms with E-state index in [1.165, 1.54) is 18.4 Å². The molecule has 98 valence electrons. The van der Waals surface area contributed by atoms with E-state index in [-0.39, 0.29) is 0 Å². The fourth-order valence-electron chi connectivity index (χ4n) is 2.15. The molecule has 0 fully saturated rings. The van der Waals surface area contributed by atoms with E-state index in [9.17, 15) is 0 Å². The summed E-state index contributed by atoms with van der Waals surface area (Å²) in [4.78, 5) is 0. The van der Waals surface area contributed by atoms with Crippen LogP contribution < -0.4 is 0 Å². The van der Waals surface area contributed by atoms with E-state index in [2.05, 4.69) is 68.5 Å². The second-order valence-corrected chi connectivity index (χ2v) is 4.68. The minimum absolute atomic E-state index is 0.663. The van der Waals surface area contributed by atoms with Crippen LogP contribution in [0.25, 0.3) is 0 Å². The molecular formula is C18H26. The SMILES string of the molecule is CC/C=C/CCC(C/C=C/CC)c1ccccc1. The standard InChI is InChI=1S/C18H26/c1-3-5-7-10-14-17(13-9-6-4-2)18-15-11-8-12-16-18/h5-9,11-12,15-17H,3-4,10,13-14H2,1-2H3/b7-5+,9-6+. The van der Waals surface area contributed by atoms with E-state index in [4.69, 9.17) is 0 Å². The van der Waals surface area contributed by atoms with Crippen molar-refractivity contribution in [2.45, 2.75) is 51.9 Å². The zero-order chi connectivity index (χ0) is 13.1. The Kier molecular flexibility index (Phi) is 7.96. The number of benzene rings is 1. The van der Waals surface area contributed by atoms with Gasteiger partial charge in [0.05, 0.1) is 0 Å². The smallest absolute Gasteiger partial charge is 0.0124 e. The van der Waals surface area contributed by atoms with Crippen LogP contribution in [0.2, 0.25) is 0 Å². The van der Waals surface area contributed by atoms with Crippen molar-refractivity contribution in [3.63, 3.8) is 0 Å². The van der Waals surface area contributed by atoms with Crippen LogP contribution in [-0.4, -0.2) is 0 Å². The molecule has 1 unspecified atom stereocenters. The molecule has 0 heterocycles. The Labute approximate surface area is 112 Å². The van der Waals surface area contributed by atoms with Crippen molar-refractivity contribution in [3.05, 3.63) is 60.2 Å². The quantitative estimate of drug-likeness (QED) is 0.500. The zero-order valence-corrected chi connectivity index (χ0v) is 11.8. The summed E-state index contributed by atoms with van der Waals surface area (Å²) in [6.45, 7) is 4.38. The molecule has 0 aliphatic heterocycles. The molecule has 0 aromatic heterocycles. The fraction of sp³-hybridized carbons (Fsp3) is 0.444. The highest BCUT2D eigenvalue weighted by atomic mass is 14.1. The van der Waals surface area contributed by atoms with Crippen molar-refractivity contribution in [2.24, 2.45) is 0 Å². The summed E-state index contributed by atoms with van der Waals surface area (Å²) >= 11 is 0. The number of rotatable bonds is 8. The Morgan fingerprint density at radius 1 is 0.889 bits per heavy atom. The lowest BCUT2D eigenvalue weighted by molar-refractivity contribution is 0.639. The Hall–Kier alpha value is -1.30. The van der Waals surface area contributed by atoms with E-state index in [0.717, 1.165) is 19.3 Å². The third kappa shape index (κ3) is 5.86. The lowest BCUT2D eigenvalue weighted by atomic mass is 9.91. The average molecular weight is 242 g/mol. The van der Waals surface area contributed by atoms with Gasteiger partial charge in [0.2, 0.25) is 0 Å². The first kappa shape index (κ1) is 14.8. The average Bonchev–Trinajstić information content (AvgIpc) is 2.42. The fourth-order valence-corrected chi connectivity index (χ4v) is 2.15. The summed E-state index contributed by atoms with van der Waals surface area (Å²) in [5.41, 5.74) is 1.48. The van der Waals surface area contributed by atoms with Gasteiger partial charge in [-0.2, -0.15) is 0 Å². The molecule has 18 heavy (non-hydrogen) atoms. The van der Waals surface area contributed by atoms with Gasteiger partial charge in [-0.1, -0.05) is 68.5 Å². The molecule has 1 aromatic rings. The topological polar surface area (TPSA) is 0 Å². The molecule has 0 amide bonds. The second kappa shape index (κ2) is 9.70. The maximum absolute atomic E-state index is 2.33. The van der Waals surface area contributed by atoms with Crippen LogP contribution in [-0.2, 0) is 0 Å². The summed E-state index contributed by atoms with van der Waals surface area (Å²) < 4.78 is 0. The molecule has 0 saturated carbocycles. The highest BCUT2D eigenvalue weighted by molar-refractivity contribution is 5.20. The highest BCUT2D eigenvalue weighted by Gasteiger charge is 2.08. The summed E-state index contributed by atoms with van der Waals surface area (Å²) in [5, 5.41) is 0. The Morgan fingerprint density at radius 2 is 1.56 bits per heavy atom. The lowest BCUT2D eigenvalue weighted by Crippen LogP contribution is -1.97. The predicted molar refractivity (Wildman–Crippen MR) is 81.9 cm³/mol. The summed E-state index contributed by atoms with van der Waals surface area (Å²) in [6, 6.07) is 10.9. The number of hydrogen-bond donors (Lipinski definition) is 0. The molecule has 0 N–H and O–H groups in total. The Morgan fingerprint density at radius 3 is 2.22 bits per heavy atom. The molecule has 0 heteroatoms.